The Bertz CT molecular complexity index is 908. The molecule has 2 amide bonds. The highest BCUT2D eigenvalue weighted by atomic mass is 16.5. The molecule has 0 saturated carbocycles. The summed E-state index contributed by atoms with van der Waals surface area (Å²) in [4.78, 5) is 36.6. The molecule has 0 radical (unpaired) electrons. The molecule has 0 aliphatic carbocycles. The number of carboxylic acid groups (broad SMARTS) is 1. The summed E-state index contributed by atoms with van der Waals surface area (Å²) >= 11 is 0. The van der Waals surface area contributed by atoms with E-state index in [1.165, 1.54) is 4.90 Å². The van der Waals surface area contributed by atoms with Crippen molar-refractivity contribution in [2.45, 2.75) is 20.3 Å². The van der Waals surface area contributed by atoms with E-state index in [4.69, 9.17) is 9.84 Å². The molecule has 28 heavy (non-hydrogen) atoms. The molecule has 2 N–H and O–H groups in total. The minimum absolute atomic E-state index is 0.00608. The van der Waals surface area contributed by atoms with Crippen LogP contribution in [0, 0.1) is 19.8 Å². The third-order valence-corrected chi connectivity index (χ3v) is 4.87. The first-order valence-electron chi connectivity index (χ1n) is 8.97. The zero-order valence-corrected chi connectivity index (χ0v) is 15.8. The van der Waals surface area contributed by atoms with Crippen LogP contribution in [0.15, 0.2) is 42.5 Å². The van der Waals surface area contributed by atoms with Crippen LogP contribution in [0.25, 0.3) is 0 Å². The van der Waals surface area contributed by atoms with E-state index in [9.17, 15) is 14.4 Å². The van der Waals surface area contributed by atoms with Crippen molar-refractivity contribution in [1.29, 1.82) is 0 Å². The first kappa shape index (κ1) is 19.4. The van der Waals surface area contributed by atoms with E-state index >= 15 is 0 Å². The van der Waals surface area contributed by atoms with Crippen molar-refractivity contribution in [1.82, 2.24) is 0 Å². The van der Waals surface area contributed by atoms with Gasteiger partial charge in [0.1, 0.15) is 5.75 Å². The van der Waals surface area contributed by atoms with Gasteiger partial charge in [-0.2, -0.15) is 0 Å². The highest BCUT2D eigenvalue weighted by Gasteiger charge is 2.34. The average Bonchev–Trinajstić information content (AvgIpc) is 3.06. The van der Waals surface area contributed by atoms with Gasteiger partial charge in [0.15, 0.2) is 6.61 Å². The summed E-state index contributed by atoms with van der Waals surface area (Å²) in [6, 6.07) is 12.4. The second kappa shape index (κ2) is 8.12. The molecule has 1 aliphatic heterocycles. The third-order valence-electron chi connectivity index (χ3n) is 4.87. The van der Waals surface area contributed by atoms with Crippen LogP contribution in [0.1, 0.15) is 17.5 Å². The van der Waals surface area contributed by atoms with Crippen LogP contribution in [0.3, 0.4) is 0 Å². The van der Waals surface area contributed by atoms with Crippen molar-refractivity contribution < 1.29 is 24.2 Å². The Morgan fingerprint density at radius 1 is 1.18 bits per heavy atom. The monoisotopic (exact) mass is 382 g/mol. The van der Waals surface area contributed by atoms with Gasteiger partial charge in [0, 0.05) is 24.3 Å². The summed E-state index contributed by atoms with van der Waals surface area (Å²) in [5.74, 6) is -1.64. The molecule has 0 aromatic heterocycles. The standard InChI is InChI=1S/C21H22N2O5/c1-13-4-3-5-18(14(13)2)22-19(24)12-28-17-8-6-16(7-9-17)23-11-15(21(26)27)10-20(23)25/h3-9,15H,10-12H2,1-2H3,(H,22,24)(H,26,27). The molecule has 146 valence electrons. The number of hydrogen-bond donors (Lipinski definition) is 2. The zero-order valence-electron chi connectivity index (χ0n) is 15.8. The zero-order chi connectivity index (χ0) is 20.3. The van der Waals surface area contributed by atoms with E-state index in [1.54, 1.807) is 24.3 Å². The van der Waals surface area contributed by atoms with E-state index in [0.29, 0.717) is 11.4 Å². The SMILES string of the molecule is Cc1cccc(NC(=O)COc2ccc(N3CC(C(=O)O)CC3=O)cc2)c1C. The third kappa shape index (κ3) is 4.31. The maximum Gasteiger partial charge on any atom is 0.308 e. The largest absolute Gasteiger partial charge is 0.484 e. The van der Waals surface area contributed by atoms with Crippen molar-refractivity contribution >= 4 is 29.2 Å². The smallest absolute Gasteiger partial charge is 0.308 e. The molecule has 7 nitrogen and oxygen atoms in total. The molecule has 0 spiro atoms. The van der Waals surface area contributed by atoms with Crippen LogP contribution in [0.4, 0.5) is 11.4 Å². The number of hydrogen-bond acceptors (Lipinski definition) is 4. The van der Waals surface area contributed by atoms with E-state index in [1.807, 2.05) is 32.0 Å². The number of aliphatic carboxylic acids is 1. The van der Waals surface area contributed by atoms with Gasteiger partial charge in [0.2, 0.25) is 5.91 Å². The van der Waals surface area contributed by atoms with Gasteiger partial charge in [-0.1, -0.05) is 12.1 Å². The van der Waals surface area contributed by atoms with Crippen molar-refractivity contribution in [3.8, 4) is 5.75 Å². The van der Waals surface area contributed by atoms with Crippen LogP contribution in [-0.4, -0.2) is 36.0 Å². The van der Waals surface area contributed by atoms with Crippen molar-refractivity contribution in [3.63, 3.8) is 0 Å². The predicted octanol–water partition coefficient (Wildman–Crippen LogP) is 2.76. The Morgan fingerprint density at radius 3 is 2.54 bits per heavy atom. The maximum absolute atomic E-state index is 12.1. The Labute approximate surface area is 162 Å². The lowest BCUT2D eigenvalue weighted by Crippen LogP contribution is -2.25. The number of amides is 2. The summed E-state index contributed by atoms with van der Waals surface area (Å²) in [6.07, 6.45) is 0.00608. The molecule has 1 heterocycles. The Balaban J connectivity index is 1.56. The minimum atomic E-state index is -0.967. The van der Waals surface area contributed by atoms with Gasteiger partial charge in [-0.05, 0) is 55.3 Å². The fourth-order valence-corrected chi connectivity index (χ4v) is 3.07. The van der Waals surface area contributed by atoms with Gasteiger partial charge in [0.25, 0.3) is 5.91 Å². The summed E-state index contributed by atoms with van der Waals surface area (Å²) in [7, 11) is 0. The number of ether oxygens (including phenoxy) is 1. The van der Waals surface area contributed by atoms with Crippen LogP contribution in [-0.2, 0) is 14.4 Å². The number of benzene rings is 2. The van der Waals surface area contributed by atoms with Gasteiger partial charge in [0.05, 0.1) is 5.92 Å². The van der Waals surface area contributed by atoms with Crippen LogP contribution in [0.5, 0.6) is 5.75 Å². The van der Waals surface area contributed by atoms with Crippen LogP contribution in [0.2, 0.25) is 0 Å². The molecule has 1 atom stereocenters. The molecule has 2 aromatic carbocycles. The van der Waals surface area contributed by atoms with Gasteiger partial charge < -0.3 is 20.1 Å². The van der Waals surface area contributed by atoms with E-state index in [0.717, 1.165) is 16.8 Å². The molecular formula is C21H22N2O5. The summed E-state index contributed by atoms with van der Waals surface area (Å²) in [5, 5.41) is 11.9. The maximum atomic E-state index is 12.1. The molecule has 1 saturated heterocycles. The Hall–Kier alpha value is -3.35. The molecule has 1 aliphatic rings. The summed E-state index contributed by atoms with van der Waals surface area (Å²) in [6.45, 7) is 3.94. The normalized spacial score (nSPS) is 16.1. The Morgan fingerprint density at radius 2 is 1.89 bits per heavy atom. The lowest BCUT2D eigenvalue weighted by atomic mass is 10.1. The highest BCUT2D eigenvalue weighted by molar-refractivity contribution is 5.99. The minimum Gasteiger partial charge on any atom is -0.484 e. The van der Waals surface area contributed by atoms with Gasteiger partial charge in [-0.3, -0.25) is 14.4 Å². The van der Waals surface area contributed by atoms with E-state index < -0.39 is 11.9 Å². The Kier molecular flexibility index (Phi) is 5.63. The average molecular weight is 382 g/mol. The number of nitrogens with zero attached hydrogens (tertiary/aromatic N) is 1. The molecule has 2 aromatic rings. The topological polar surface area (TPSA) is 95.9 Å². The first-order valence-corrected chi connectivity index (χ1v) is 8.97. The van der Waals surface area contributed by atoms with Gasteiger partial charge >= 0.3 is 5.97 Å². The predicted molar refractivity (Wildman–Crippen MR) is 105 cm³/mol. The lowest BCUT2D eigenvalue weighted by molar-refractivity contribution is -0.141. The molecule has 1 unspecified atom stereocenters. The number of anilines is 2. The number of aryl methyl sites for hydroxylation is 1. The number of carbonyl (C=O) groups is 3. The second-order valence-electron chi connectivity index (χ2n) is 6.82. The molecule has 1 fully saturated rings. The number of nitrogens with one attached hydrogen (secondary N) is 1. The lowest BCUT2D eigenvalue weighted by Gasteiger charge is -2.16. The number of carboxylic acids is 1. The van der Waals surface area contributed by atoms with E-state index in [-0.39, 0.29) is 31.4 Å². The fourth-order valence-electron chi connectivity index (χ4n) is 3.07. The van der Waals surface area contributed by atoms with Crippen LogP contribution >= 0.6 is 0 Å². The number of rotatable bonds is 6. The van der Waals surface area contributed by atoms with Crippen molar-refractivity contribution in [2.75, 3.05) is 23.4 Å². The highest BCUT2D eigenvalue weighted by Crippen LogP contribution is 2.27. The number of carbonyl (C=O) groups excluding carboxylic acids is 2. The summed E-state index contributed by atoms with van der Waals surface area (Å²) in [5.41, 5.74) is 3.47. The van der Waals surface area contributed by atoms with E-state index in [2.05, 4.69) is 5.32 Å². The summed E-state index contributed by atoms with van der Waals surface area (Å²) < 4.78 is 5.50. The van der Waals surface area contributed by atoms with Crippen molar-refractivity contribution in [2.24, 2.45) is 5.92 Å². The fraction of sp³-hybridized carbons (Fsp3) is 0.286. The van der Waals surface area contributed by atoms with Crippen molar-refractivity contribution in [3.05, 3.63) is 53.6 Å². The van der Waals surface area contributed by atoms with Gasteiger partial charge in [-0.15, -0.1) is 0 Å². The van der Waals surface area contributed by atoms with Gasteiger partial charge in [-0.25, -0.2) is 0 Å². The molecule has 7 heteroatoms. The molecule has 3 rings (SSSR count). The first-order chi connectivity index (χ1) is 13.3. The molecule has 0 bridgehead atoms. The quantitative estimate of drug-likeness (QED) is 0.801. The second-order valence-corrected chi connectivity index (χ2v) is 6.82. The van der Waals surface area contributed by atoms with Crippen LogP contribution < -0.4 is 15.0 Å². The molecular weight excluding hydrogens is 360 g/mol.